The monoisotopic (exact) mass is 231 g/mol. The van der Waals surface area contributed by atoms with Crippen LogP contribution in [0, 0.1) is 11.8 Å². The Labute approximate surface area is 103 Å². The zero-order valence-electron chi connectivity index (χ0n) is 10.5. The van der Waals surface area contributed by atoms with Gasteiger partial charge in [-0.15, -0.1) is 0 Å². The fourth-order valence-corrected chi connectivity index (χ4v) is 3.16. The van der Waals surface area contributed by atoms with Crippen molar-refractivity contribution in [1.29, 1.82) is 0 Å². The van der Waals surface area contributed by atoms with Gasteiger partial charge in [-0.1, -0.05) is 6.92 Å². The van der Waals surface area contributed by atoms with Gasteiger partial charge in [0.25, 0.3) is 0 Å². The second-order valence-electron chi connectivity index (χ2n) is 5.44. The highest BCUT2D eigenvalue weighted by molar-refractivity contribution is 5.47. The minimum atomic E-state index is 0.827. The van der Waals surface area contributed by atoms with Gasteiger partial charge in [0.1, 0.15) is 0 Å². The second-order valence-corrected chi connectivity index (χ2v) is 5.44. The van der Waals surface area contributed by atoms with Crippen LogP contribution in [-0.2, 0) is 6.42 Å². The number of fused-ring (bicyclic) bond motifs is 2. The molecule has 2 aliphatic heterocycles. The van der Waals surface area contributed by atoms with E-state index in [1.807, 2.05) is 12.4 Å². The number of pyridine rings is 1. The number of nitrogens with zero attached hydrogens (tertiary/aromatic N) is 2. The molecule has 92 valence electrons. The van der Waals surface area contributed by atoms with Crippen molar-refractivity contribution in [3.63, 3.8) is 0 Å². The Kier molecular flexibility index (Phi) is 3.02. The number of aryl methyl sites for hydroxylation is 1. The van der Waals surface area contributed by atoms with Crippen molar-refractivity contribution < 1.29 is 0 Å². The second kappa shape index (κ2) is 4.65. The standard InChI is InChI=1S/C14H21N3/c1-2-11-4-14(8-16-5-11)17-9-12-3-13(10-17)7-15-6-12/h4-5,8,12-13,15H,2-3,6-7,9-10H2,1H3. The third-order valence-corrected chi connectivity index (χ3v) is 4.04. The van der Waals surface area contributed by atoms with Gasteiger partial charge >= 0.3 is 0 Å². The largest absolute Gasteiger partial charge is 0.370 e. The number of nitrogens with one attached hydrogen (secondary N) is 1. The number of piperidine rings is 2. The normalized spacial score (nSPS) is 28.2. The van der Waals surface area contributed by atoms with E-state index < -0.39 is 0 Å². The Morgan fingerprint density at radius 2 is 2.06 bits per heavy atom. The summed E-state index contributed by atoms with van der Waals surface area (Å²) in [5.41, 5.74) is 2.66. The van der Waals surface area contributed by atoms with Crippen molar-refractivity contribution in [2.75, 3.05) is 31.1 Å². The van der Waals surface area contributed by atoms with Gasteiger partial charge in [-0.3, -0.25) is 4.98 Å². The van der Waals surface area contributed by atoms with E-state index in [0.717, 1.165) is 18.3 Å². The molecule has 3 nitrogen and oxygen atoms in total. The Morgan fingerprint density at radius 1 is 1.29 bits per heavy atom. The van der Waals surface area contributed by atoms with E-state index in [1.165, 1.54) is 43.9 Å². The molecule has 1 N–H and O–H groups in total. The van der Waals surface area contributed by atoms with Crippen LogP contribution in [0.4, 0.5) is 5.69 Å². The predicted octanol–water partition coefficient (Wildman–Crippen LogP) is 1.69. The Balaban J connectivity index is 1.79. The van der Waals surface area contributed by atoms with Gasteiger partial charge in [0.15, 0.2) is 0 Å². The number of anilines is 1. The lowest BCUT2D eigenvalue weighted by Gasteiger charge is -2.42. The van der Waals surface area contributed by atoms with Crippen LogP contribution in [0.3, 0.4) is 0 Å². The average molecular weight is 231 g/mol. The minimum absolute atomic E-state index is 0.827. The maximum atomic E-state index is 4.37. The number of rotatable bonds is 2. The lowest BCUT2D eigenvalue weighted by atomic mass is 9.85. The van der Waals surface area contributed by atoms with Gasteiger partial charge in [-0.25, -0.2) is 0 Å². The van der Waals surface area contributed by atoms with E-state index in [0.29, 0.717) is 0 Å². The Bertz CT molecular complexity index is 379. The van der Waals surface area contributed by atoms with E-state index in [4.69, 9.17) is 0 Å². The molecule has 2 fully saturated rings. The van der Waals surface area contributed by atoms with E-state index in [2.05, 4.69) is 28.2 Å². The van der Waals surface area contributed by atoms with Crippen molar-refractivity contribution in [3.05, 3.63) is 24.0 Å². The van der Waals surface area contributed by atoms with Gasteiger partial charge in [-0.05, 0) is 49.4 Å². The number of hydrogen-bond donors (Lipinski definition) is 1. The average Bonchev–Trinajstić information content (AvgIpc) is 2.38. The van der Waals surface area contributed by atoms with E-state index in [1.54, 1.807) is 0 Å². The molecule has 0 amide bonds. The zero-order valence-corrected chi connectivity index (χ0v) is 10.5. The van der Waals surface area contributed by atoms with Crippen molar-refractivity contribution in [2.45, 2.75) is 19.8 Å². The summed E-state index contributed by atoms with van der Waals surface area (Å²) in [5, 5.41) is 3.54. The summed E-state index contributed by atoms with van der Waals surface area (Å²) in [7, 11) is 0. The molecule has 0 saturated carbocycles. The molecule has 3 heterocycles. The van der Waals surface area contributed by atoms with Gasteiger partial charge < -0.3 is 10.2 Å². The first-order valence-corrected chi connectivity index (χ1v) is 6.74. The predicted molar refractivity (Wildman–Crippen MR) is 70.3 cm³/mol. The van der Waals surface area contributed by atoms with Crippen LogP contribution in [0.1, 0.15) is 18.9 Å². The van der Waals surface area contributed by atoms with Gasteiger partial charge in [0, 0.05) is 19.3 Å². The molecule has 0 aromatic carbocycles. The molecule has 2 bridgehead atoms. The highest BCUT2D eigenvalue weighted by Gasteiger charge is 2.30. The molecule has 3 heteroatoms. The minimum Gasteiger partial charge on any atom is -0.370 e. The Morgan fingerprint density at radius 3 is 2.76 bits per heavy atom. The SMILES string of the molecule is CCc1cncc(N2CC3CNCC(C3)C2)c1. The first-order chi connectivity index (χ1) is 8.35. The van der Waals surface area contributed by atoms with Crippen LogP contribution < -0.4 is 10.2 Å². The molecule has 0 radical (unpaired) electrons. The summed E-state index contributed by atoms with van der Waals surface area (Å²) in [6.07, 6.45) is 6.48. The summed E-state index contributed by atoms with van der Waals surface area (Å²) in [6.45, 7) is 6.95. The molecular weight excluding hydrogens is 210 g/mol. The maximum Gasteiger partial charge on any atom is 0.0555 e. The lowest BCUT2D eigenvalue weighted by molar-refractivity contribution is 0.249. The van der Waals surface area contributed by atoms with Crippen LogP contribution in [0.15, 0.2) is 18.5 Å². The molecule has 2 aliphatic rings. The van der Waals surface area contributed by atoms with Crippen molar-refractivity contribution in [2.24, 2.45) is 11.8 Å². The zero-order chi connectivity index (χ0) is 11.7. The molecule has 17 heavy (non-hydrogen) atoms. The van der Waals surface area contributed by atoms with Gasteiger partial charge in [-0.2, -0.15) is 0 Å². The summed E-state index contributed by atoms with van der Waals surface area (Å²) >= 11 is 0. The smallest absolute Gasteiger partial charge is 0.0555 e. The van der Waals surface area contributed by atoms with Crippen molar-refractivity contribution in [3.8, 4) is 0 Å². The first-order valence-electron chi connectivity index (χ1n) is 6.74. The fraction of sp³-hybridized carbons (Fsp3) is 0.643. The highest BCUT2D eigenvalue weighted by Crippen LogP contribution is 2.28. The van der Waals surface area contributed by atoms with Crippen LogP contribution in [-0.4, -0.2) is 31.2 Å². The molecule has 3 rings (SSSR count). The maximum absolute atomic E-state index is 4.37. The van der Waals surface area contributed by atoms with Crippen LogP contribution in [0.2, 0.25) is 0 Å². The van der Waals surface area contributed by atoms with Crippen molar-refractivity contribution in [1.82, 2.24) is 10.3 Å². The van der Waals surface area contributed by atoms with Gasteiger partial charge in [0.2, 0.25) is 0 Å². The molecule has 2 unspecified atom stereocenters. The fourth-order valence-electron chi connectivity index (χ4n) is 3.16. The van der Waals surface area contributed by atoms with Crippen LogP contribution >= 0.6 is 0 Å². The first kappa shape index (κ1) is 11.0. The Hall–Kier alpha value is -1.09. The molecule has 1 aromatic rings. The molecule has 0 aliphatic carbocycles. The van der Waals surface area contributed by atoms with Crippen LogP contribution in [0.25, 0.3) is 0 Å². The lowest BCUT2D eigenvalue weighted by Crippen LogP contribution is -2.51. The number of hydrogen-bond acceptors (Lipinski definition) is 3. The molecule has 1 aromatic heterocycles. The van der Waals surface area contributed by atoms with Gasteiger partial charge in [0.05, 0.1) is 11.9 Å². The topological polar surface area (TPSA) is 28.2 Å². The summed E-state index contributed by atoms with van der Waals surface area (Å²) in [5.74, 6) is 1.65. The third-order valence-electron chi connectivity index (χ3n) is 4.04. The summed E-state index contributed by atoms with van der Waals surface area (Å²) < 4.78 is 0. The quantitative estimate of drug-likeness (QED) is 0.839. The van der Waals surface area contributed by atoms with E-state index >= 15 is 0 Å². The van der Waals surface area contributed by atoms with Crippen LogP contribution in [0.5, 0.6) is 0 Å². The molecular formula is C14H21N3. The summed E-state index contributed by atoms with van der Waals surface area (Å²) in [6, 6.07) is 2.31. The summed E-state index contributed by atoms with van der Waals surface area (Å²) in [4.78, 5) is 6.90. The molecule has 0 spiro atoms. The highest BCUT2D eigenvalue weighted by atomic mass is 15.2. The van der Waals surface area contributed by atoms with E-state index in [-0.39, 0.29) is 0 Å². The van der Waals surface area contributed by atoms with E-state index in [9.17, 15) is 0 Å². The van der Waals surface area contributed by atoms with Crippen molar-refractivity contribution >= 4 is 5.69 Å². The molecule has 2 atom stereocenters. The number of aromatic nitrogens is 1. The third kappa shape index (κ3) is 2.29. The molecule has 2 saturated heterocycles.